The Morgan fingerprint density at radius 1 is 1.38 bits per heavy atom. The highest BCUT2D eigenvalue weighted by molar-refractivity contribution is 5.85. The number of benzene rings is 1. The maximum absolute atomic E-state index is 13.0. The summed E-state index contributed by atoms with van der Waals surface area (Å²) < 4.78 is 13.0. The Morgan fingerprint density at radius 2 is 1.92 bits per heavy atom. The lowest BCUT2D eigenvalue weighted by Crippen LogP contribution is -2.25. The largest absolute Gasteiger partial charge is 0.387 e. The maximum Gasteiger partial charge on any atom is 0.129 e. The van der Waals surface area contributed by atoms with E-state index in [4.69, 9.17) is 5.73 Å². The first kappa shape index (κ1) is 12.4. The Bertz CT molecular complexity index is 268. The molecule has 0 amide bonds. The van der Waals surface area contributed by atoms with Gasteiger partial charge in [0.05, 0.1) is 6.10 Å². The van der Waals surface area contributed by atoms with Crippen molar-refractivity contribution >= 4 is 12.4 Å². The normalized spacial score (nSPS) is 14.5. The van der Waals surface area contributed by atoms with E-state index in [2.05, 4.69) is 0 Å². The number of hydrogen-bond acceptors (Lipinski definition) is 2. The maximum atomic E-state index is 13.0. The van der Waals surface area contributed by atoms with Gasteiger partial charge in [0.15, 0.2) is 0 Å². The lowest BCUT2D eigenvalue weighted by Gasteiger charge is -2.14. The zero-order valence-electron chi connectivity index (χ0n) is 7.27. The third-order valence-corrected chi connectivity index (χ3v) is 1.72. The van der Waals surface area contributed by atoms with E-state index in [1.807, 2.05) is 0 Å². The molecule has 0 saturated carbocycles. The average Bonchev–Trinajstić information content (AvgIpc) is 2.04. The minimum atomic E-state index is -0.925. The van der Waals surface area contributed by atoms with Gasteiger partial charge in [0.2, 0.25) is 0 Å². The third kappa shape index (κ3) is 2.95. The topological polar surface area (TPSA) is 46.2 Å². The van der Waals surface area contributed by atoms with Crippen LogP contribution in [-0.4, -0.2) is 11.1 Å². The predicted octanol–water partition coefficient (Wildman–Crippen LogP) is 1.63. The van der Waals surface area contributed by atoms with Crippen LogP contribution in [0.2, 0.25) is 0 Å². The quantitative estimate of drug-likeness (QED) is 0.771. The molecule has 1 rings (SSSR count). The molecule has 2 unspecified atom stereocenters. The van der Waals surface area contributed by atoms with Crippen molar-refractivity contribution in [3.8, 4) is 0 Å². The van der Waals surface area contributed by atoms with Crippen molar-refractivity contribution in [2.24, 2.45) is 5.73 Å². The van der Waals surface area contributed by atoms with Crippen molar-refractivity contribution in [2.75, 3.05) is 0 Å². The number of aliphatic hydroxyl groups is 1. The van der Waals surface area contributed by atoms with Crippen molar-refractivity contribution in [3.63, 3.8) is 0 Å². The summed E-state index contributed by atoms with van der Waals surface area (Å²) in [5, 5.41) is 9.41. The van der Waals surface area contributed by atoms with E-state index < -0.39 is 18.0 Å². The zero-order valence-corrected chi connectivity index (χ0v) is 8.09. The smallest absolute Gasteiger partial charge is 0.129 e. The van der Waals surface area contributed by atoms with Gasteiger partial charge in [0, 0.05) is 11.6 Å². The number of rotatable bonds is 2. The van der Waals surface area contributed by atoms with Gasteiger partial charge in [-0.1, -0.05) is 18.2 Å². The van der Waals surface area contributed by atoms with E-state index in [9.17, 15) is 9.50 Å². The first-order chi connectivity index (χ1) is 5.63. The Labute approximate surface area is 83.0 Å². The Morgan fingerprint density at radius 3 is 2.38 bits per heavy atom. The molecule has 13 heavy (non-hydrogen) atoms. The van der Waals surface area contributed by atoms with E-state index in [0.717, 1.165) is 0 Å². The summed E-state index contributed by atoms with van der Waals surface area (Å²) in [6.07, 6.45) is -0.925. The molecule has 0 fully saturated rings. The summed E-state index contributed by atoms with van der Waals surface area (Å²) in [4.78, 5) is 0. The first-order valence-corrected chi connectivity index (χ1v) is 3.81. The molecule has 0 radical (unpaired) electrons. The molecule has 1 aromatic rings. The molecule has 74 valence electrons. The summed E-state index contributed by atoms with van der Waals surface area (Å²) in [5.41, 5.74) is 5.68. The molecule has 0 aromatic heterocycles. The third-order valence-electron chi connectivity index (χ3n) is 1.72. The summed E-state index contributed by atoms with van der Waals surface area (Å²) in [7, 11) is 0. The Hall–Kier alpha value is -0.640. The van der Waals surface area contributed by atoms with Gasteiger partial charge < -0.3 is 10.8 Å². The predicted molar refractivity (Wildman–Crippen MR) is 52.3 cm³/mol. The standard InChI is InChI=1S/C9H12FNO.ClH/c1-6(11)9(12)7-4-2-3-5-8(7)10;/h2-6,9,12H,11H2,1H3;1H. The Kier molecular flexibility index (Phi) is 4.91. The van der Waals surface area contributed by atoms with Gasteiger partial charge in [-0.25, -0.2) is 4.39 Å². The lowest BCUT2D eigenvalue weighted by atomic mass is 10.0. The molecule has 0 aliphatic rings. The fourth-order valence-corrected chi connectivity index (χ4v) is 0.998. The van der Waals surface area contributed by atoms with E-state index in [-0.39, 0.29) is 18.0 Å². The fourth-order valence-electron chi connectivity index (χ4n) is 0.998. The molecular weight excluding hydrogens is 193 g/mol. The SMILES string of the molecule is CC(N)C(O)c1ccccc1F.Cl. The summed E-state index contributed by atoms with van der Waals surface area (Å²) in [6, 6.07) is 5.63. The van der Waals surface area contributed by atoms with Crippen molar-refractivity contribution in [1.82, 2.24) is 0 Å². The first-order valence-electron chi connectivity index (χ1n) is 3.81. The molecular formula is C9H13ClFNO. The van der Waals surface area contributed by atoms with Crippen LogP contribution >= 0.6 is 12.4 Å². The number of halogens is 2. The molecule has 0 bridgehead atoms. The van der Waals surface area contributed by atoms with Crippen LogP contribution in [0.5, 0.6) is 0 Å². The highest BCUT2D eigenvalue weighted by atomic mass is 35.5. The van der Waals surface area contributed by atoms with Gasteiger partial charge in [-0.15, -0.1) is 12.4 Å². The van der Waals surface area contributed by atoms with Crippen LogP contribution in [0.1, 0.15) is 18.6 Å². The van der Waals surface area contributed by atoms with Gasteiger partial charge in [-0.3, -0.25) is 0 Å². The van der Waals surface area contributed by atoms with Crippen LogP contribution < -0.4 is 5.73 Å². The van der Waals surface area contributed by atoms with E-state index in [1.165, 1.54) is 12.1 Å². The molecule has 0 heterocycles. The molecule has 0 spiro atoms. The highest BCUT2D eigenvalue weighted by Gasteiger charge is 2.15. The molecule has 4 heteroatoms. The van der Waals surface area contributed by atoms with Crippen LogP contribution in [0, 0.1) is 5.82 Å². The highest BCUT2D eigenvalue weighted by Crippen LogP contribution is 2.18. The van der Waals surface area contributed by atoms with Gasteiger partial charge in [0.1, 0.15) is 5.82 Å². The second kappa shape index (κ2) is 5.17. The van der Waals surface area contributed by atoms with Crippen molar-refractivity contribution in [2.45, 2.75) is 19.1 Å². The zero-order chi connectivity index (χ0) is 9.14. The molecule has 0 aliphatic heterocycles. The molecule has 2 nitrogen and oxygen atoms in total. The van der Waals surface area contributed by atoms with E-state index >= 15 is 0 Å². The van der Waals surface area contributed by atoms with Crippen LogP contribution in [0.4, 0.5) is 4.39 Å². The average molecular weight is 206 g/mol. The van der Waals surface area contributed by atoms with Crippen LogP contribution in [0.25, 0.3) is 0 Å². The lowest BCUT2D eigenvalue weighted by molar-refractivity contribution is 0.149. The number of aliphatic hydroxyl groups excluding tert-OH is 1. The van der Waals surface area contributed by atoms with Crippen LogP contribution in [0.15, 0.2) is 24.3 Å². The molecule has 0 aliphatic carbocycles. The molecule has 3 N–H and O–H groups in total. The summed E-state index contributed by atoms with van der Waals surface area (Å²) >= 11 is 0. The fraction of sp³-hybridized carbons (Fsp3) is 0.333. The second-order valence-electron chi connectivity index (χ2n) is 2.83. The van der Waals surface area contributed by atoms with Crippen LogP contribution in [-0.2, 0) is 0 Å². The minimum absolute atomic E-state index is 0. The second-order valence-corrected chi connectivity index (χ2v) is 2.83. The molecule has 1 aromatic carbocycles. The minimum Gasteiger partial charge on any atom is -0.387 e. The van der Waals surface area contributed by atoms with Crippen molar-refractivity contribution in [1.29, 1.82) is 0 Å². The monoisotopic (exact) mass is 205 g/mol. The summed E-state index contributed by atoms with van der Waals surface area (Å²) in [5.74, 6) is -0.415. The number of hydrogen-bond donors (Lipinski definition) is 2. The van der Waals surface area contributed by atoms with Gasteiger partial charge in [-0.05, 0) is 13.0 Å². The number of nitrogens with two attached hydrogens (primary N) is 1. The van der Waals surface area contributed by atoms with E-state index in [0.29, 0.717) is 0 Å². The van der Waals surface area contributed by atoms with Crippen molar-refractivity contribution in [3.05, 3.63) is 35.6 Å². The molecule has 2 atom stereocenters. The van der Waals surface area contributed by atoms with E-state index in [1.54, 1.807) is 19.1 Å². The van der Waals surface area contributed by atoms with Crippen molar-refractivity contribution < 1.29 is 9.50 Å². The van der Waals surface area contributed by atoms with Gasteiger partial charge in [-0.2, -0.15) is 0 Å². The van der Waals surface area contributed by atoms with Gasteiger partial charge in [0.25, 0.3) is 0 Å². The summed E-state index contributed by atoms with van der Waals surface area (Å²) in [6.45, 7) is 1.64. The van der Waals surface area contributed by atoms with Gasteiger partial charge >= 0.3 is 0 Å². The van der Waals surface area contributed by atoms with Crippen LogP contribution in [0.3, 0.4) is 0 Å². The molecule has 0 saturated heterocycles. The Balaban J connectivity index is 0.00000144.